The lowest BCUT2D eigenvalue weighted by atomic mass is 10.1. The van der Waals surface area contributed by atoms with Crippen LogP contribution in [0.15, 0.2) is 35.5 Å². The van der Waals surface area contributed by atoms with Crippen LogP contribution >= 0.6 is 11.6 Å². The first-order valence-electron chi connectivity index (χ1n) is 15.6. The van der Waals surface area contributed by atoms with E-state index < -0.39 is 23.6 Å². The Morgan fingerprint density at radius 2 is 1.84 bits per heavy atom. The van der Waals surface area contributed by atoms with Crippen molar-refractivity contribution in [2.45, 2.75) is 51.9 Å². The van der Waals surface area contributed by atoms with Gasteiger partial charge in [-0.3, -0.25) is 14.4 Å². The number of carbonyl (C=O) groups excluding carboxylic acids is 2. The molecule has 258 valence electrons. The standard InChI is InChI=1S/C32H33ClF3N9O4/c1-4-22-27(43-9-11-44(12-10-43)31(49)26-28(47)17(2)38-16-39-26)29(48)25-30(37-14-23(41-25)42(3)19-6-7-19)45(22)15-24(46)40-21-8-5-18(13-20(21)33)32(34,35)36/h5,8,13-14,16,19,47H,4,6-7,9-12,15H2,1-3H3,(H,40,46). The van der Waals surface area contributed by atoms with Gasteiger partial charge in [0.25, 0.3) is 5.91 Å². The Morgan fingerprint density at radius 3 is 2.47 bits per heavy atom. The normalized spacial score (nSPS) is 15.1. The largest absolute Gasteiger partial charge is 0.504 e. The zero-order chi connectivity index (χ0) is 35.2. The summed E-state index contributed by atoms with van der Waals surface area (Å²) >= 11 is 6.11. The quantitative estimate of drug-likeness (QED) is 0.276. The van der Waals surface area contributed by atoms with E-state index >= 15 is 0 Å². The molecule has 0 spiro atoms. The maximum absolute atomic E-state index is 14.3. The molecule has 4 heterocycles. The molecule has 1 aromatic carbocycles. The second kappa shape index (κ2) is 13.1. The number of fused-ring (bicyclic) bond motifs is 1. The molecule has 49 heavy (non-hydrogen) atoms. The van der Waals surface area contributed by atoms with Gasteiger partial charge >= 0.3 is 6.18 Å². The molecule has 0 atom stereocenters. The number of benzene rings is 1. The molecule has 2 fully saturated rings. The highest BCUT2D eigenvalue weighted by molar-refractivity contribution is 6.33. The van der Waals surface area contributed by atoms with Crippen molar-refractivity contribution in [3.05, 3.63) is 68.6 Å². The molecule has 0 radical (unpaired) electrons. The van der Waals surface area contributed by atoms with E-state index in [1.807, 2.05) is 23.8 Å². The Bertz CT molecular complexity index is 2010. The number of aryl methyl sites for hydroxylation is 1. The van der Waals surface area contributed by atoms with Crippen LogP contribution in [0.1, 0.15) is 47.2 Å². The summed E-state index contributed by atoms with van der Waals surface area (Å²) in [4.78, 5) is 63.4. The Kier molecular flexibility index (Phi) is 9.09. The summed E-state index contributed by atoms with van der Waals surface area (Å²) in [7, 11) is 1.88. The monoisotopic (exact) mass is 699 g/mol. The number of aromatic nitrogens is 5. The number of alkyl halides is 3. The van der Waals surface area contributed by atoms with Crippen molar-refractivity contribution >= 4 is 51.8 Å². The van der Waals surface area contributed by atoms with Crippen LogP contribution in [0, 0.1) is 6.92 Å². The zero-order valence-corrected chi connectivity index (χ0v) is 27.6. The highest BCUT2D eigenvalue weighted by atomic mass is 35.5. The molecule has 6 rings (SSSR count). The topological polar surface area (TPSA) is 150 Å². The number of aromatic hydroxyl groups is 1. The van der Waals surface area contributed by atoms with E-state index in [1.54, 1.807) is 17.7 Å². The lowest BCUT2D eigenvalue weighted by Gasteiger charge is -2.37. The van der Waals surface area contributed by atoms with Crippen molar-refractivity contribution in [3.63, 3.8) is 0 Å². The van der Waals surface area contributed by atoms with Crippen LogP contribution in [0.25, 0.3) is 11.2 Å². The summed E-state index contributed by atoms with van der Waals surface area (Å²) in [6, 6.07) is 2.93. The van der Waals surface area contributed by atoms with Gasteiger partial charge in [0.15, 0.2) is 22.6 Å². The van der Waals surface area contributed by atoms with E-state index in [-0.39, 0.29) is 83.2 Å². The average molecular weight is 700 g/mol. The number of piperazine rings is 1. The van der Waals surface area contributed by atoms with Crippen molar-refractivity contribution in [2.24, 2.45) is 0 Å². The summed E-state index contributed by atoms with van der Waals surface area (Å²) in [5.74, 6) is -0.859. The van der Waals surface area contributed by atoms with Gasteiger partial charge in [-0.2, -0.15) is 13.2 Å². The Balaban J connectivity index is 1.35. The summed E-state index contributed by atoms with van der Waals surface area (Å²) < 4.78 is 41.1. The molecule has 3 aromatic heterocycles. The molecule has 1 saturated heterocycles. The van der Waals surface area contributed by atoms with Crippen molar-refractivity contribution in [2.75, 3.05) is 48.3 Å². The number of amides is 2. The minimum absolute atomic E-state index is 0.00609. The molecular formula is C32H33ClF3N9O4. The molecule has 1 aliphatic carbocycles. The summed E-state index contributed by atoms with van der Waals surface area (Å²) in [5, 5.41) is 12.7. The molecular weight excluding hydrogens is 667 g/mol. The maximum atomic E-state index is 14.3. The summed E-state index contributed by atoms with van der Waals surface area (Å²) in [5.41, 5.74) is -0.133. The minimum Gasteiger partial charge on any atom is -0.504 e. The van der Waals surface area contributed by atoms with E-state index in [0.717, 1.165) is 31.0 Å². The van der Waals surface area contributed by atoms with Gasteiger partial charge in [0.2, 0.25) is 11.3 Å². The van der Waals surface area contributed by atoms with E-state index in [4.69, 9.17) is 16.6 Å². The molecule has 1 aliphatic heterocycles. The van der Waals surface area contributed by atoms with E-state index in [1.165, 1.54) is 11.2 Å². The molecule has 1 saturated carbocycles. The second-order valence-electron chi connectivity index (χ2n) is 12.0. The van der Waals surface area contributed by atoms with Crippen LogP contribution in [-0.2, 0) is 23.9 Å². The van der Waals surface area contributed by atoms with Crippen LogP contribution < -0.4 is 20.5 Å². The lowest BCUT2D eigenvalue weighted by molar-refractivity contribution is -0.137. The fourth-order valence-corrected chi connectivity index (χ4v) is 6.16. The van der Waals surface area contributed by atoms with Gasteiger partial charge in [0.1, 0.15) is 24.4 Å². The molecule has 17 heteroatoms. The molecule has 13 nitrogen and oxygen atoms in total. The third-order valence-corrected chi connectivity index (χ3v) is 9.09. The van der Waals surface area contributed by atoms with Crippen LogP contribution in [0.4, 0.5) is 30.4 Å². The van der Waals surface area contributed by atoms with Gasteiger partial charge in [-0.15, -0.1) is 0 Å². The van der Waals surface area contributed by atoms with Crippen molar-refractivity contribution in [3.8, 4) is 5.75 Å². The summed E-state index contributed by atoms with van der Waals surface area (Å²) in [6.07, 6.45) is 0.447. The number of rotatable bonds is 8. The summed E-state index contributed by atoms with van der Waals surface area (Å²) in [6.45, 7) is 3.99. The number of pyridine rings is 1. The number of carbonyl (C=O) groups is 2. The first-order chi connectivity index (χ1) is 23.3. The third-order valence-electron chi connectivity index (χ3n) is 8.78. The van der Waals surface area contributed by atoms with Crippen molar-refractivity contribution in [1.29, 1.82) is 0 Å². The molecule has 0 unspecified atom stereocenters. The lowest BCUT2D eigenvalue weighted by Crippen LogP contribution is -2.50. The van der Waals surface area contributed by atoms with Gasteiger partial charge < -0.3 is 29.7 Å². The number of halogens is 4. The second-order valence-corrected chi connectivity index (χ2v) is 12.4. The van der Waals surface area contributed by atoms with E-state index in [0.29, 0.717) is 23.6 Å². The Morgan fingerprint density at radius 1 is 1.12 bits per heavy atom. The highest BCUT2D eigenvalue weighted by Crippen LogP contribution is 2.34. The number of anilines is 3. The minimum atomic E-state index is -4.60. The van der Waals surface area contributed by atoms with Crippen LogP contribution in [0.3, 0.4) is 0 Å². The van der Waals surface area contributed by atoms with Crippen LogP contribution in [0.5, 0.6) is 5.75 Å². The highest BCUT2D eigenvalue weighted by Gasteiger charge is 2.33. The number of hydrogen-bond acceptors (Lipinski definition) is 10. The zero-order valence-electron chi connectivity index (χ0n) is 26.9. The molecule has 2 amide bonds. The Hall–Kier alpha value is -4.99. The number of hydrogen-bond donors (Lipinski definition) is 2. The average Bonchev–Trinajstić information content (AvgIpc) is 3.93. The van der Waals surface area contributed by atoms with E-state index in [2.05, 4.69) is 20.3 Å². The fourth-order valence-electron chi connectivity index (χ4n) is 5.93. The predicted molar refractivity (Wildman–Crippen MR) is 176 cm³/mol. The van der Waals surface area contributed by atoms with E-state index in [9.17, 15) is 32.7 Å². The number of nitrogens with one attached hydrogen (secondary N) is 1. The van der Waals surface area contributed by atoms with Crippen LogP contribution in [-0.4, -0.2) is 85.6 Å². The number of nitrogens with zero attached hydrogens (tertiary/aromatic N) is 8. The fraction of sp³-hybridized carbons (Fsp3) is 0.406. The maximum Gasteiger partial charge on any atom is 0.416 e. The molecule has 2 aliphatic rings. The molecule has 4 aromatic rings. The van der Waals surface area contributed by atoms with Gasteiger partial charge in [-0.25, -0.2) is 19.9 Å². The molecule has 2 N–H and O–H groups in total. The SMILES string of the molecule is CCc1c(N2CCN(C(=O)c3ncnc(C)c3O)CC2)c(=O)c2nc(N(C)C3CC3)cnc2n1CC(=O)Nc1ccc(C(F)(F)F)cc1Cl. The van der Waals surface area contributed by atoms with Crippen LogP contribution in [0.2, 0.25) is 5.02 Å². The third kappa shape index (κ3) is 6.69. The van der Waals surface area contributed by atoms with Gasteiger partial charge in [-0.1, -0.05) is 18.5 Å². The van der Waals surface area contributed by atoms with Crippen molar-refractivity contribution < 1.29 is 27.9 Å². The predicted octanol–water partition coefficient (Wildman–Crippen LogP) is 4.03. The molecule has 0 bridgehead atoms. The van der Waals surface area contributed by atoms with Gasteiger partial charge in [-0.05, 0) is 44.4 Å². The van der Waals surface area contributed by atoms with Gasteiger partial charge in [0.05, 0.1) is 28.2 Å². The smallest absolute Gasteiger partial charge is 0.416 e. The first-order valence-corrected chi connectivity index (χ1v) is 16.0. The van der Waals surface area contributed by atoms with Crippen molar-refractivity contribution in [1.82, 2.24) is 29.4 Å². The van der Waals surface area contributed by atoms with Gasteiger partial charge in [0, 0.05) is 45.0 Å². The first kappa shape index (κ1) is 33.9. The Labute approximate surface area is 283 Å².